The molecular formula is C6H12INO2S. The molecule has 1 saturated heterocycles. The van der Waals surface area contributed by atoms with Crippen LogP contribution in [0.2, 0.25) is 0 Å². The lowest BCUT2D eigenvalue weighted by Crippen LogP contribution is -2.17. The van der Waals surface area contributed by atoms with Gasteiger partial charge in [0.15, 0.2) is 9.84 Å². The fraction of sp³-hybridized carbons (Fsp3) is 1.00. The van der Waals surface area contributed by atoms with E-state index in [0.717, 1.165) is 13.0 Å². The second-order valence-electron chi connectivity index (χ2n) is 3.06. The lowest BCUT2D eigenvalue weighted by Gasteiger charge is -2.11. The first-order valence-electron chi connectivity index (χ1n) is 3.57. The normalized spacial score (nSPS) is 29.5. The third-order valence-corrected chi connectivity index (χ3v) is 4.07. The van der Waals surface area contributed by atoms with Gasteiger partial charge in [0.05, 0.1) is 11.5 Å². The van der Waals surface area contributed by atoms with E-state index in [1.54, 1.807) is 0 Å². The van der Waals surface area contributed by atoms with Crippen molar-refractivity contribution in [3.05, 3.63) is 0 Å². The van der Waals surface area contributed by atoms with Gasteiger partial charge in [0.2, 0.25) is 0 Å². The van der Waals surface area contributed by atoms with Crippen molar-refractivity contribution in [1.29, 1.82) is 0 Å². The van der Waals surface area contributed by atoms with Crippen LogP contribution in [0.1, 0.15) is 6.42 Å². The first kappa shape index (κ1) is 9.73. The average molecular weight is 289 g/mol. The topological polar surface area (TPSA) is 37.4 Å². The number of hydrogen-bond donors (Lipinski definition) is 0. The molecule has 0 aromatic heterocycles. The number of halogens is 1. The van der Waals surface area contributed by atoms with E-state index in [9.17, 15) is 8.42 Å². The molecule has 1 heterocycles. The van der Waals surface area contributed by atoms with Crippen molar-refractivity contribution < 1.29 is 8.42 Å². The van der Waals surface area contributed by atoms with Crippen molar-refractivity contribution >= 4 is 32.7 Å². The lowest BCUT2D eigenvalue weighted by molar-refractivity contribution is 0.469. The average Bonchev–Trinajstić information content (AvgIpc) is 2.08. The van der Waals surface area contributed by atoms with Crippen LogP contribution in [0.15, 0.2) is 0 Å². The molecule has 0 aliphatic carbocycles. The van der Waals surface area contributed by atoms with Crippen LogP contribution in [0.5, 0.6) is 0 Å². The molecule has 0 N–H and O–H groups in total. The Labute approximate surface area is 81.6 Å². The number of hydrogen-bond acceptors (Lipinski definition) is 3. The van der Waals surface area contributed by atoms with Gasteiger partial charge in [-0.25, -0.2) is 8.42 Å². The maximum Gasteiger partial charge on any atom is 0.150 e. The maximum absolute atomic E-state index is 11.0. The monoisotopic (exact) mass is 289 g/mol. The summed E-state index contributed by atoms with van der Waals surface area (Å²) in [6, 6.07) is 0. The summed E-state index contributed by atoms with van der Waals surface area (Å²) in [5, 5.41) is 0. The highest BCUT2D eigenvalue weighted by molar-refractivity contribution is 14.1. The molecule has 3 nitrogen and oxygen atoms in total. The van der Waals surface area contributed by atoms with E-state index in [0.29, 0.717) is 17.4 Å². The zero-order valence-corrected chi connectivity index (χ0v) is 9.43. The molecular weight excluding hydrogens is 277 g/mol. The third kappa shape index (κ3) is 3.25. The summed E-state index contributed by atoms with van der Waals surface area (Å²) in [5.41, 5.74) is 0. The van der Waals surface area contributed by atoms with Crippen molar-refractivity contribution in [2.75, 3.05) is 25.1 Å². The molecule has 0 radical (unpaired) electrons. The Morgan fingerprint density at radius 1 is 1.64 bits per heavy atom. The lowest BCUT2D eigenvalue weighted by atomic mass is 10.1. The molecule has 66 valence electrons. The molecule has 0 aromatic carbocycles. The number of rotatable bonds is 2. The summed E-state index contributed by atoms with van der Waals surface area (Å²) >= 11 is 2.18. The van der Waals surface area contributed by atoms with Gasteiger partial charge in [-0.2, -0.15) is 0 Å². The van der Waals surface area contributed by atoms with Gasteiger partial charge in [-0.3, -0.25) is 3.11 Å². The molecule has 0 saturated carbocycles. The molecule has 0 aromatic rings. The molecule has 1 aliphatic heterocycles. The minimum Gasteiger partial charge on any atom is -0.250 e. The van der Waals surface area contributed by atoms with Gasteiger partial charge in [0.1, 0.15) is 0 Å². The van der Waals surface area contributed by atoms with Gasteiger partial charge in [-0.1, -0.05) is 0 Å². The van der Waals surface area contributed by atoms with Crippen molar-refractivity contribution in [1.82, 2.24) is 3.11 Å². The first-order chi connectivity index (χ1) is 4.99. The van der Waals surface area contributed by atoms with Gasteiger partial charge < -0.3 is 0 Å². The molecule has 0 spiro atoms. The molecule has 1 rings (SSSR count). The Bertz CT molecular complexity index is 225. The summed E-state index contributed by atoms with van der Waals surface area (Å²) < 4.78 is 24.0. The highest BCUT2D eigenvalue weighted by atomic mass is 127. The summed E-state index contributed by atoms with van der Waals surface area (Å²) in [4.78, 5) is 0. The molecule has 0 bridgehead atoms. The highest BCUT2D eigenvalue weighted by Crippen LogP contribution is 2.19. The SMILES string of the molecule is CN(I)CC1CCS(=O)(=O)C1. The van der Waals surface area contributed by atoms with Gasteiger partial charge in [-0.05, 0) is 19.4 Å². The van der Waals surface area contributed by atoms with Crippen LogP contribution in [-0.2, 0) is 9.84 Å². The van der Waals surface area contributed by atoms with E-state index >= 15 is 0 Å². The van der Waals surface area contributed by atoms with Crippen LogP contribution >= 0.6 is 22.9 Å². The third-order valence-electron chi connectivity index (χ3n) is 1.84. The maximum atomic E-state index is 11.0. The van der Waals surface area contributed by atoms with Gasteiger partial charge in [-0.15, -0.1) is 0 Å². The predicted molar refractivity (Wildman–Crippen MR) is 53.4 cm³/mol. The van der Waals surface area contributed by atoms with Crippen LogP contribution in [-0.4, -0.2) is 36.6 Å². The summed E-state index contributed by atoms with van der Waals surface area (Å²) in [5.74, 6) is 1.14. The van der Waals surface area contributed by atoms with Crippen molar-refractivity contribution in [3.8, 4) is 0 Å². The van der Waals surface area contributed by atoms with E-state index in [-0.39, 0.29) is 0 Å². The van der Waals surface area contributed by atoms with Crippen LogP contribution in [0.25, 0.3) is 0 Å². The largest absolute Gasteiger partial charge is 0.250 e. The zero-order valence-electron chi connectivity index (χ0n) is 6.46. The smallest absolute Gasteiger partial charge is 0.150 e. The predicted octanol–water partition coefficient (Wildman–Crippen LogP) is 0.703. The summed E-state index contributed by atoms with van der Waals surface area (Å²) in [6.07, 6.45) is 0.843. The number of nitrogens with zero attached hydrogens (tertiary/aromatic N) is 1. The van der Waals surface area contributed by atoms with Crippen LogP contribution < -0.4 is 0 Å². The second-order valence-corrected chi connectivity index (χ2v) is 6.93. The Hall–Kier alpha value is 0.640. The van der Waals surface area contributed by atoms with E-state index in [1.165, 1.54) is 0 Å². The zero-order chi connectivity index (χ0) is 8.48. The van der Waals surface area contributed by atoms with Crippen molar-refractivity contribution in [2.24, 2.45) is 5.92 Å². The van der Waals surface area contributed by atoms with Gasteiger partial charge in [0.25, 0.3) is 0 Å². The molecule has 1 aliphatic rings. The van der Waals surface area contributed by atoms with Crippen LogP contribution in [0.4, 0.5) is 0 Å². The Balaban J connectivity index is 2.43. The molecule has 1 unspecified atom stereocenters. The summed E-state index contributed by atoms with van der Waals surface area (Å²) in [7, 11) is -0.707. The second kappa shape index (κ2) is 3.57. The van der Waals surface area contributed by atoms with Crippen molar-refractivity contribution in [3.63, 3.8) is 0 Å². The van der Waals surface area contributed by atoms with E-state index in [4.69, 9.17) is 0 Å². The quantitative estimate of drug-likeness (QED) is 0.555. The van der Waals surface area contributed by atoms with Gasteiger partial charge >= 0.3 is 0 Å². The molecule has 5 heteroatoms. The van der Waals surface area contributed by atoms with E-state index < -0.39 is 9.84 Å². The molecule has 1 fully saturated rings. The summed E-state index contributed by atoms with van der Waals surface area (Å²) in [6.45, 7) is 0.889. The van der Waals surface area contributed by atoms with Crippen LogP contribution in [0.3, 0.4) is 0 Å². The van der Waals surface area contributed by atoms with Gasteiger partial charge in [0, 0.05) is 29.4 Å². The Morgan fingerprint density at radius 3 is 2.64 bits per heavy atom. The van der Waals surface area contributed by atoms with Crippen LogP contribution in [0, 0.1) is 5.92 Å². The highest BCUT2D eigenvalue weighted by Gasteiger charge is 2.27. The van der Waals surface area contributed by atoms with E-state index in [1.807, 2.05) is 10.2 Å². The molecule has 1 atom stereocenters. The number of sulfone groups is 1. The fourth-order valence-corrected chi connectivity index (χ4v) is 3.78. The molecule has 0 amide bonds. The first-order valence-corrected chi connectivity index (χ1v) is 6.35. The Kier molecular flexibility index (Phi) is 3.16. The molecule has 11 heavy (non-hydrogen) atoms. The van der Waals surface area contributed by atoms with Crippen molar-refractivity contribution in [2.45, 2.75) is 6.42 Å². The fourth-order valence-electron chi connectivity index (χ4n) is 1.37. The minimum absolute atomic E-state index is 0.363. The Morgan fingerprint density at radius 2 is 2.27 bits per heavy atom. The minimum atomic E-state index is -2.67. The van der Waals surface area contributed by atoms with E-state index in [2.05, 4.69) is 22.9 Å². The standard InChI is InChI=1S/C6H12INO2S/c1-8(7)4-6-2-3-11(9,10)5-6/h6H,2-5H2,1H3.